The van der Waals surface area contributed by atoms with E-state index in [4.69, 9.17) is 9.47 Å². The van der Waals surface area contributed by atoms with Gasteiger partial charge in [-0.2, -0.15) is 0 Å². The van der Waals surface area contributed by atoms with Crippen LogP contribution < -0.4 is 10.1 Å². The van der Waals surface area contributed by atoms with Crippen LogP contribution in [0.1, 0.15) is 24.0 Å². The fourth-order valence-electron chi connectivity index (χ4n) is 2.19. The third kappa shape index (κ3) is 3.72. The molecule has 1 aromatic carbocycles. The minimum atomic E-state index is 0.0218. The normalized spacial score (nSPS) is 16.6. The molecule has 1 aliphatic rings. The van der Waals surface area contributed by atoms with E-state index in [1.54, 1.807) is 7.11 Å². The van der Waals surface area contributed by atoms with Gasteiger partial charge in [-0.1, -0.05) is 6.07 Å². The second-order valence-corrected chi connectivity index (χ2v) is 5.28. The van der Waals surface area contributed by atoms with Crippen molar-refractivity contribution in [1.29, 1.82) is 0 Å². The average Bonchev–Trinajstić information content (AvgIpc) is 3.03. The fraction of sp³-hybridized carbons (Fsp3) is 0.600. The summed E-state index contributed by atoms with van der Waals surface area (Å²) in [4.78, 5) is 0. The minimum absolute atomic E-state index is 0.0218. The molecule has 1 aromatic rings. The molecule has 0 spiro atoms. The number of benzene rings is 1. The highest BCUT2D eigenvalue weighted by Crippen LogP contribution is 2.40. The molecule has 0 atom stereocenters. The van der Waals surface area contributed by atoms with Gasteiger partial charge in [0.25, 0.3) is 0 Å². The Hall–Kier alpha value is -1.06. The molecule has 0 radical (unpaired) electrons. The van der Waals surface area contributed by atoms with Gasteiger partial charge in [0.2, 0.25) is 0 Å². The maximum absolute atomic E-state index is 6.15. The van der Waals surface area contributed by atoms with Gasteiger partial charge in [0, 0.05) is 20.2 Å². The predicted octanol–water partition coefficient (Wildman–Crippen LogP) is 2.45. The second-order valence-electron chi connectivity index (χ2n) is 5.28. The molecule has 0 saturated heterocycles. The maximum atomic E-state index is 6.15. The van der Waals surface area contributed by atoms with Gasteiger partial charge in [-0.3, -0.25) is 0 Å². The Morgan fingerprint density at radius 1 is 1.17 bits per heavy atom. The Balaban J connectivity index is 1.88. The number of hydrogen-bond donors (Lipinski definition) is 1. The summed E-state index contributed by atoms with van der Waals surface area (Å²) < 4.78 is 11.2. The molecule has 3 nitrogen and oxygen atoms in total. The third-order valence-electron chi connectivity index (χ3n) is 3.27. The summed E-state index contributed by atoms with van der Waals surface area (Å²) in [6, 6.07) is 6.40. The predicted molar refractivity (Wildman–Crippen MR) is 73.3 cm³/mol. The van der Waals surface area contributed by atoms with Crippen LogP contribution in [0.15, 0.2) is 18.2 Å². The molecule has 0 unspecified atom stereocenters. The number of rotatable bonds is 7. The van der Waals surface area contributed by atoms with Gasteiger partial charge in [-0.25, -0.2) is 0 Å². The molecular formula is C15H23NO2. The van der Waals surface area contributed by atoms with E-state index in [1.165, 1.54) is 11.1 Å². The number of nitrogens with one attached hydrogen (secondary N) is 1. The van der Waals surface area contributed by atoms with E-state index in [1.807, 2.05) is 0 Å². The van der Waals surface area contributed by atoms with Crippen molar-refractivity contribution < 1.29 is 9.47 Å². The van der Waals surface area contributed by atoms with Gasteiger partial charge in [0.1, 0.15) is 11.4 Å². The van der Waals surface area contributed by atoms with E-state index in [9.17, 15) is 0 Å². The fourth-order valence-corrected chi connectivity index (χ4v) is 2.19. The van der Waals surface area contributed by atoms with Crippen molar-refractivity contribution in [3.8, 4) is 5.75 Å². The SMILES string of the molecule is COCCNCC1(Oc2cc(C)cc(C)c2)CC1. The van der Waals surface area contributed by atoms with Crippen molar-refractivity contribution >= 4 is 0 Å². The maximum Gasteiger partial charge on any atom is 0.122 e. The van der Waals surface area contributed by atoms with Crippen molar-refractivity contribution in [1.82, 2.24) is 5.32 Å². The van der Waals surface area contributed by atoms with Crippen LogP contribution in [-0.4, -0.2) is 32.4 Å². The molecule has 2 rings (SSSR count). The zero-order valence-corrected chi connectivity index (χ0v) is 11.6. The Morgan fingerprint density at radius 3 is 2.39 bits per heavy atom. The monoisotopic (exact) mass is 249 g/mol. The Kier molecular flexibility index (Phi) is 4.25. The topological polar surface area (TPSA) is 30.5 Å². The summed E-state index contributed by atoms with van der Waals surface area (Å²) in [6.45, 7) is 6.75. The highest BCUT2D eigenvalue weighted by molar-refractivity contribution is 5.34. The van der Waals surface area contributed by atoms with Gasteiger partial charge in [0.15, 0.2) is 0 Å². The molecule has 1 saturated carbocycles. The number of ether oxygens (including phenoxy) is 2. The van der Waals surface area contributed by atoms with Crippen LogP contribution >= 0.6 is 0 Å². The number of hydrogen-bond acceptors (Lipinski definition) is 3. The smallest absolute Gasteiger partial charge is 0.122 e. The van der Waals surface area contributed by atoms with Crippen LogP contribution in [0.2, 0.25) is 0 Å². The van der Waals surface area contributed by atoms with Crippen LogP contribution in [0.25, 0.3) is 0 Å². The number of methoxy groups -OCH3 is 1. The molecular weight excluding hydrogens is 226 g/mol. The van der Waals surface area contributed by atoms with Crippen molar-refractivity contribution in [2.45, 2.75) is 32.3 Å². The quantitative estimate of drug-likeness (QED) is 0.753. The molecule has 1 aliphatic carbocycles. The van der Waals surface area contributed by atoms with Gasteiger partial charge in [0.05, 0.1) is 6.61 Å². The molecule has 3 heteroatoms. The molecule has 0 aromatic heterocycles. The lowest BCUT2D eigenvalue weighted by atomic mass is 10.1. The van der Waals surface area contributed by atoms with Gasteiger partial charge in [-0.15, -0.1) is 0 Å². The molecule has 0 bridgehead atoms. The Morgan fingerprint density at radius 2 is 1.83 bits per heavy atom. The Labute approximate surface area is 109 Å². The van der Waals surface area contributed by atoms with Crippen LogP contribution in [0.4, 0.5) is 0 Å². The average molecular weight is 249 g/mol. The summed E-state index contributed by atoms with van der Waals surface area (Å²) in [5, 5.41) is 3.39. The minimum Gasteiger partial charge on any atom is -0.486 e. The molecule has 0 aliphatic heterocycles. The van der Waals surface area contributed by atoms with Crippen LogP contribution in [0.3, 0.4) is 0 Å². The van der Waals surface area contributed by atoms with Crippen molar-refractivity contribution in [3.63, 3.8) is 0 Å². The zero-order valence-electron chi connectivity index (χ0n) is 11.6. The van der Waals surface area contributed by atoms with Crippen LogP contribution in [0.5, 0.6) is 5.75 Å². The molecule has 0 amide bonds. The molecule has 100 valence electrons. The standard InChI is InChI=1S/C15H23NO2/c1-12-8-13(2)10-14(9-12)18-15(4-5-15)11-16-6-7-17-3/h8-10,16H,4-7,11H2,1-3H3. The molecule has 1 N–H and O–H groups in total. The largest absolute Gasteiger partial charge is 0.486 e. The van der Waals surface area contributed by atoms with Gasteiger partial charge < -0.3 is 14.8 Å². The van der Waals surface area contributed by atoms with E-state index in [-0.39, 0.29) is 5.60 Å². The lowest BCUT2D eigenvalue weighted by Gasteiger charge is -2.19. The highest BCUT2D eigenvalue weighted by atomic mass is 16.5. The summed E-state index contributed by atoms with van der Waals surface area (Å²) in [7, 11) is 1.72. The van der Waals surface area contributed by atoms with E-state index in [2.05, 4.69) is 37.4 Å². The van der Waals surface area contributed by atoms with E-state index >= 15 is 0 Å². The first kappa shape index (κ1) is 13.4. The first-order valence-corrected chi connectivity index (χ1v) is 6.60. The lowest BCUT2D eigenvalue weighted by molar-refractivity contribution is 0.162. The van der Waals surface area contributed by atoms with E-state index in [0.29, 0.717) is 0 Å². The van der Waals surface area contributed by atoms with E-state index < -0.39 is 0 Å². The summed E-state index contributed by atoms with van der Waals surface area (Å²) in [5.41, 5.74) is 2.54. The summed E-state index contributed by atoms with van der Waals surface area (Å²) >= 11 is 0. The summed E-state index contributed by atoms with van der Waals surface area (Å²) in [5.74, 6) is 0.999. The molecule has 1 fully saturated rings. The van der Waals surface area contributed by atoms with Gasteiger partial charge in [-0.05, 0) is 49.9 Å². The number of aryl methyl sites for hydroxylation is 2. The highest BCUT2D eigenvalue weighted by Gasteiger charge is 2.45. The summed E-state index contributed by atoms with van der Waals surface area (Å²) in [6.07, 6.45) is 2.28. The van der Waals surface area contributed by atoms with Crippen LogP contribution in [0, 0.1) is 13.8 Å². The van der Waals surface area contributed by atoms with Gasteiger partial charge >= 0.3 is 0 Å². The van der Waals surface area contributed by atoms with Crippen molar-refractivity contribution in [2.75, 3.05) is 26.8 Å². The zero-order chi connectivity index (χ0) is 13.0. The van der Waals surface area contributed by atoms with Crippen molar-refractivity contribution in [3.05, 3.63) is 29.3 Å². The Bertz CT molecular complexity index is 379. The third-order valence-corrected chi connectivity index (χ3v) is 3.27. The molecule has 18 heavy (non-hydrogen) atoms. The molecule has 0 heterocycles. The van der Waals surface area contributed by atoms with Crippen LogP contribution in [-0.2, 0) is 4.74 Å². The first-order valence-electron chi connectivity index (χ1n) is 6.60. The second kappa shape index (κ2) is 5.72. The van der Waals surface area contributed by atoms with Crippen molar-refractivity contribution in [2.24, 2.45) is 0 Å². The first-order chi connectivity index (χ1) is 8.63. The lowest BCUT2D eigenvalue weighted by Crippen LogP contribution is -2.35. The van der Waals surface area contributed by atoms with E-state index in [0.717, 1.165) is 38.3 Å².